The van der Waals surface area contributed by atoms with Gasteiger partial charge in [0.25, 0.3) is 0 Å². The Balaban J connectivity index is 3.75. The SMILES string of the molecule is CC(C)CCC(C)CCCC(C)CCCC(C(=O)O)C(=O)O. The summed E-state index contributed by atoms with van der Waals surface area (Å²) in [5, 5.41) is 17.6. The van der Waals surface area contributed by atoms with Crippen molar-refractivity contribution in [3.05, 3.63) is 0 Å². The van der Waals surface area contributed by atoms with Gasteiger partial charge in [0.15, 0.2) is 5.92 Å². The molecule has 0 fully saturated rings. The minimum absolute atomic E-state index is 0.236. The van der Waals surface area contributed by atoms with Gasteiger partial charge in [0.1, 0.15) is 0 Å². The molecule has 0 aliphatic carbocycles. The summed E-state index contributed by atoms with van der Waals surface area (Å²) in [5.41, 5.74) is 0. The maximum Gasteiger partial charge on any atom is 0.317 e. The second-order valence-electron chi connectivity index (χ2n) is 7.27. The topological polar surface area (TPSA) is 74.6 Å². The van der Waals surface area contributed by atoms with E-state index < -0.39 is 17.9 Å². The van der Waals surface area contributed by atoms with Crippen LogP contribution in [0.15, 0.2) is 0 Å². The fraction of sp³-hybridized carbons (Fsp3) is 0.889. The van der Waals surface area contributed by atoms with Crippen LogP contribution >= 0.6 is 0 Å². The highest BCUT2D eigenvalue weighted by molar-refractivity contribution is 5.92. The predicted molar refractivity (Wildman–Crippen MR) is 88.9 cm³/mol. The molecule has 4 heteroatoms. The zero-order chi connectivity index (χ0) is 17.1. The molecule has 2 N–H and O–H groups in total. The van der Waals surface area contributed by atoms with Crippen molar-refractivity contribution in [2.75, 3.05) is 0 Å². The third kappa shape index (κ3) is 10.6. The summed E-state index contributed by atoms with van der Waals surface area (Å²) in [6.45, 7) is 9.01. The maximum atomic E-state index is 10.8. The minimum Gasteiger partial charge on any atom is -0.481 e. The molecule has 0 amide bonds. The van der Waals surface area contributed by atoms with Crippen LogP contribution in [0.4, 0.5) is 0 Å². The van der Waals surface area contributed by atoms with E-state index in [2.05, 4.69) is 27.7 Å². The van der Waals surface area contributed by atoms with E-state index in [4.69, 9.17) is 10.2 Å². The molecule has 0 radical (unpaired) electrons. The summed E-state index contributed by atoms with van der Waals surface area (Å²) >= 11 is 0. The number of carboxylic acids is 2. The molecule has 0 saturated carbocycles. The summed E-state index contributed by atoms with van der Waals surface area (Å²) in [6, 6.07) is 0. The van der Waals surface area contributed by atoms with Crippen LogP contribution in [0.3, 0.4) is 0 Å². The zero-order valence-corrected chi connectivity index (χ0v) is 14.7. The van der Waals surface area contributed by atoms with Gasteiger partial charge in [-0.2, -0.15) is 0 Å². The molecule has 0 bridgehead atoms. The summed E-state index contributed by atoms with van der Waals surface area (Å²) in [4.78, 5) is 21.6. The van der Waals surface area contributed by atoms with Crippen molar-refractivity contribution in [3.8, 4) is 0 Å². The number of carboxylic acid groups (broad SMARTS) is 2. The van der Waals surface area contributed by atoms with Gasteiger partial charge in [-0.25, -0.2) is 0 Å². The van der Waals surface area contributed by atoms with Gasteiger partial charge in [0.2, 0.25) is 0 Å². The third-order valence-corrected chi connectivity index (χ3v) is 4.42. The van der Waals surface area contributed by atoms with E-state index in [0.717, 1.165) is 24.7 Å². The predicted octanol–water partition coefficient (Wildman–Crippen LogP) is 4.82. The van der Waals surface area contributed by atoms with Crippen LogP contribution in [0.2, 0.25) is 0 Å². The molecule has 0 aliphatic rings. The number of aliphatic carboxylic acids is 2. The Morgan fingerprint density at radius 2 is 1.09 bits per heavy atom. The average Bonchev–Trinajstić information content (AvgIpc) is 2.40. The van der Waals surface area contributed by atoms with Crippen molar-refractivity contribution in [3.63, 3.8) is 0 Å². The lowest BCUT2D eigenvalue weighted by molar-refractivity contribution is -0.154. The van der Waals surface area contributed by atoms with E-state index in [1.807, 2.05) is 0 Å². The molecule has 0 aromatic rings. The third-order valence-electron chi connectivity index (χ3n) is 4.42. The van der Waals surface area contributed by atoms with Crippen LogP contribution in [0.25, 0.3) is 0 Å². The van der Waals surface area contributed by atoms with Crippen LogP contribution < -0.4 is 0 Å². The van der Waals surface area contributed by atoms with Crippen molar-refractivity contribution < 1.29 is 19.8 Å². The first-order valence-corrected chi connectivity index (χ1v) is 8.69. The number of carbonyl (C=O) groups is 2. The molecule has 4 nitrogen and oxygen atoms in total. The molecule has 2 atom stereocenters. The fourth-order valence-electron chi connectivity index (χ4n) is 2.74. The first-order valence-electron chi connectivity index (χ1n) is 8.69. The van der Waals surface area contributed by atoms with E-state index >= 15 is 0 Å². The van der Waals surface area contributed by atoms with Gasteiger partial charge >= 0.3 is 11.9 Å². The highest BCUT2D eigenvalue weighted by Gasteiger charge is 2.25. The standard InChI is InChI=1S/C18H34O4/c1-13(2)11-12-15(4)8-5-7-14(3)9-6-10-16(17(19)20)18(21)22/h13-16H,5-12H2,1-4H3,(H,19,20)(H,21,22). The smallest absolute Gasteiger partial charge is 0.317 e. The van der Waals surface area contributed by atoms with Crippen molar-refractivity contribution in [1.82, 2.24) is 0 Å². The largest absolute Gasteiger partial charge is 0.481 e. The molecule has 0 aromatic carbocycles. The normalized spacial score (nSPS) is 14.3. The van der Waals surface area contributed by atoms with Crippen molar-refractivity contribution in [2.24, 2.45) is 23.7 Å². The van der Waals surface area contributed by atoms with Crippen LogP contribution in [0, 0.1) is 23.7 Å². The summed E-state index contributed by atoms with van der Waals surface area (Å²) in [7, 11) is 0. The first kappa shape index (κ1) is 20.9. The zero-order valence-electron chi connectivity index (χ0n) is 14.7. The Hall–Kier alpha value is -1.06. The van der Waals surface area contributed by atoms with Crippen LogP contribution in [-0.2, 0) is 9.59 Å². The van der Waals surface area contributed by atoms with Gasteiger partial charge in [-0.15, -0.1) is 0 Å². The molecule has 0 rings (SSSR count). The minimum atomic E-state index is -1.25. The molecule has 0 saturated heterocycles. The van der Waals surface area contributed by atoms with Crippen molar-refractivity contribution in [2.45, 2.75) is 79.1 Å². The first-order chi connectivity index (χ1) is 10.2. The van der Waals surface area contributed by atoms with Crippen LogP contribution in [-0.4, -0.2) is 22.2 Å². The van der Waals surface area contributed by atoms with E-state index in [1.54, 1.807) is 0 Å². The highest BCUT2D eigenvalue weighted by atomic mass is 16.4. The molecule has 2 unspecified atom stereocenters. The lowest BCUT2D eigenvalue weighted by Gasteiger charge is -2.15. The molecular weight excluding hydrogens is 280 g/mol. The highest BCUT2D eigenvalue weighted by Crippen LogP contribution is 2.22. The van der Waals surface area contributed by atoms with E-state index in [9.17, 15) is 9.59 Å². The second-order valence-corrected chi connectivity index (χ2v) is 7.27. The van der Waals surface area contributed by atoms with E-state index in [1.165, 1.54) is 25.7 Å². The molecule has 0 spiro atoms. The Morgan fingerprint density at radius 3 is 1.50 bits per heavy atom. The van der Waals surface area contributed by atoms with E-state index in [-0.39, 0.29) is 6.42 Å². The average molecular weight is 314 g/mol. The molecule has 130 valence electrons. The molecule has 0 aliphatic heterocycles. The maximum absolute atomic E-state index is 10.8. The van der Waals surface area contributed by atoms with Gasteiger partial charge < -0.3 is 10.2 Å². The van der Waals surface area contributed by atoms with Crippen LogP contribution in [0.5, 0.6) is 0 Å². The van der Waals surface area contributed by atoms with Crippen LogP contribution in [0.1, 0.15) is 79.1 Å². The Morgan fingerprint density at radius 1 is 0.682 bits per heavy atom. The quantitative estimate of drug-likeness (QED) is 0.478. The Kier molecular flexibility index (Phi) is 10.9. The lowest BCUT2D eigenvalue weighted by Crippen LogP contribution is -2.23. The number of hydrogen-bond donors (Lipinski definition) is 2. The van der Waals surface area contributed by atoms with Gasteiger partial charge in [0, 0.05) is 0 Å². The molecule has 0 heterocycles. The van der Waals surface area contributed by atoms with Gasteiger partial charge in [-0.05, 0) is 24.2 Å². The Bertz CT molecular complexity index is 311. The van der Waals surface area contributed by atoms with E-state index in [0.29, 0.717) is 12.3 Å². The summed E-state index contributed by atoms with van der Waals surface area (Å²) < 4.78 is 0. The van der Waals surface area contributed by atoms with Crippen molar-refractivity contribution >= 4 is 11.9 Å². The molecule has 0 aromatic heterocycles. The summed E-state index contributed by atoms with van der Waals surface area (Å²) in [6.07, 6.45) is 8.03. The molecular formula is C18H34O4. The number of hydrogen-bond acceptors (Lipinski definition) is 2. The number of rotatable bonds is 13. The second kappa shape index (κ2) is 11.5. The van der Waals surface area contributed by atoms with Gasteiger partial charge in [-0.3, -0.25) is 9.59 Å². The van der Waals surface area contributed by atoms with Gasteiger partial charge in [-0.1, -0.05) is 72.6 Å². The Labute approximate surface area is 135 Å². The fourth-order valence-corrected chi connectivity index (χ4v) is 2.74. The molecule has 22 heavy (non-hydrogen) atoms. The van der Waals surface area contributed by atoms with Gasteiger partial charge in [0.05, 0.1) is 0 Å². The monoisotopic (exact) mass is 314 g/mol. The summed E-state index contributed by atoms with van der Waals surface area (Å²) in [5.74, 6) is -1.60. The lowest BCUT2D eigenvalue weighted by atomic mass is 9.90. The van der Waals surface area contributed by atoms with Crippen molar-refractivity contribution in [1.29, 1.82) is 0 Å².